The lowest BCUT2D eigenvalue weighted by atomic mass is 10.1. The summed E-state index contributed by atoms with van der Waals surface area (Å²) in [6.07, 6.45) is 0. The van der Waals surface area contributed by atoms with E-state index in [1.54, 1.807) is 0 Å². The lowest BCUT2D eigenvalue weighted by Gasteiger charge is -2.16. The Balaban J connectivity index is 2.27. The molecule has 1 N–H and O–H groups in total. The van der Waals surface area contributed by atoms with Crippen LogP contribution < -0.4 is 5.32 Å². The fourth-order valence-electron chi connectivity index (χ4n) is 0.910. The first-order valence-corrected chi connectivity index (χ1v) is 5.34. The second kappa shape index (κ2) is 4.63. The van der Waals surface area contributed by atoms with Gasteiger partial charge in [0.25, 0.3) is 0 Å². The third-order valence-electron chi connectivity index (χ3n) is 2.18. The Hall–Kier alpha value is -0.340. The molecule has 0 saturated heterocycles. The van der Waals surface area contributed by atoms with Crippen LogP contribution in [0.4, 0.5) is 0 Å². The van der Waals surface area contributed by atoms with Gasteiger partial charge < -0.3 is 5.32 Å². The highest BCUT2D eigenvalue weighted by molar-refractivity contribution is 7.09. The average molecular weight is 183 g/mol. The number of thiophene rings is 1. The molecule has 0 amide bonds. The van der Waals surface area contributed by atoms with Gasteiger partial charge in [0.2, 0.25) is 0 Å². The minimum atomic E-state index is 0.604. The zero-order valence-electron chi connectivity index (χ0n) is 8.00. The number of rotatable bonds is 4. The predicted octanol–water partition coefficient (Wildman–Crippen LogP) is 2.88. The molecular weight excluding hydrogens is 166 g/mol. The Morgan fingerprint density at radius 2 is 2.17 bits per heavy atom. The number of hydrogen-bond donors (Lipinski definition) is 1. The second-order valence-electron chi connectivity index (χ2n) is 3.49. The van der Waals surface area contributed by atoms with E-state index >= 15 is 0 Å². The maximum absolute atomic E-state index is 3.49. The minimum absolute atomic E-state index is 0.604. The van der Waals surface area contributed by atoms with Gasteiger partial charge in [-0.25, -0.2) is 0 Å². The van der Waals surface area contributed by atoms with E-state index in [0.717, 1.165) is 6.54 Å². The standard InChI is InChI=1S/C10H17NS/c1-8(2)9(3)11-7-10-5-4-6-12-10/h4-6,8-9,11H,7H2,1-3H3/t9-/m1/s1. The van der Waals surface area contributed by atoms with E-state index in [-0.39, 0.29) is 0 Å². The maximum atomic E-state index is 3.49. The van der Waals surface area contributed by atoms with Gasteiger partial charge in [0, 0.05) is 17.5 Å². The Morgan fingerprint density at radius 3 is 2.67 bits per heavy atom. The zero-order chi connectivity index (χ0) is 8.97. The molecule has 1 heterocycles. The van der Waals surface area contributed by atoms with Gasteiger partial charge in [-0.3, -0.25) is 0 Å². The summed E-state index contributed by atoms with van der Waals surface area (Å²) in [7, 11) is 0. The van der Waals surface area contributed by atoms with E-state index in [1.165, 1.54) is 4.88 Å². The van der Waals surface area contributed by atoms with Crippen LogP contribution in [0.1, 0.15) is 25.6 Å². The molecule has 0 aromatic carbocycles. The van der Waals surface area contributed by atoms with Crippen molar-refractivity contribution in [2.24, 2.45) is 5.92 Å². The molecule has 1 atom stereocenters. The SMILES string of the molecule is CC(C)[C@@H](C)NCc1cccs1. The van der Waals surface area contributed by atoms with Crippen LogP contribution >= 0.6 is 11.3 Å². The maximum Gasteiger partial charge on any atom is 0.0302 e. The van der Waals surface area contributed by atoms with E-state index in [9.17, 15) is 0 Å². The molecule has 0 saturated carbocycles. The highest BCUT2D eigenvalue weighted by Gasteiger charge is 2.05. The van der Waals surface area contributed by atoms with Crippen molar-refractivity contribution in [3.8, 4) is 0 Å². The van der Waals surface area contributed by atoms with Gasteiger partial charge >= 0.3 is 0 Å². The third kappa shape index (κ3) is 2.95. The Labute approximate surface area is 78.8 Å². The summed E-state index contributed by atoms with van der Waals surface area (Å²) < 4.78 is 0. The smallest absolute Gasteiger partial charge is 0.0302 e. The zero-order valence-corrected chi connectivity index (χ0v) is 8.82. The molecule has 0 aliphatic heterocycles. The first-order valence-electron chi connectivity index (χ1n) is 4.46. The van der Waals surface area contributed by atoms with Crippen LogP contribution in [-0.4, -0.2) is 6.04 Å². The van der Waals surface area contributed by atoms with Crippen LogP contribution in [0, 0.1) is 5.92 Å². The highest BCUT2D eigenvalue weighted by Crippen LogP contribution is 2.09. The molecule has 0 bridgehead atoms. The van der Waals surface area contributed by atoms with Gasteiger partial charge in [0.1, 0.15) is 0 Å². The normalized spacial score (nSPS) is 13.7. The van der Waals surface area contributed by atoms with Gasteiger partial charge in [-0.2, -0.15) is 0 Å². The molecule has 0 radical (unpaired) electrons. The largest absolute Gasteiger partial charge is 0.309 e. The summed E-state index contributed by atoms with van der Waals surface area (Å²) >= 11 is 1.81. The van der Waals surface area contributed by atoms with Crippen LogP contribution in [0.3, 0.4) is 0 Å². The molecule has 68 valence electrons. The summed E-state index contributed by atoms with van der Waals surface area (Å²) in [4.78, 5) is 1.42. The van der Waals surface area contributed by atoms with Crippen LogP contribution in [0.25, 0.3) is 0 Å². The first-order chi connectivity index (χ1) is 5.70. The van der Waals surface area contributed by atoms with Gasteiger partial charge in [0.15, 0.2) is 0 Å². The van der Waals surface area contributed by atoms with Gasteiger partial charge in [-0.15, -0.1) is 11.3 Å². The van der Waals surface area contributed by atoms with Crippen molar-refractivity contribution in [3.05, 3.63) is 22.4 Å². The lowest BCUT2D eigenvalue weighted by molar-refractivity contribution is 0.428. The van der Waals surface area contributed by atoms with Crippen molar-refractivity contribution < 1.29 is 0 Å². The van der Waals surface area contributed by atoms with Crippen molar-refractivity contribution >= 4 is 11.3 Å². The van der Waals surface area contributed by atoms with Crippen molar-refractivity contribution in [2.75, 3.05) is 0 Å². The quantitative estimate of drug-likeness (QED) is 0.757. The van der Waals surface area contributed by atoms with E-state index in [1.807, 2.05) is 11.3 Å². The molecule has 0 aliphatic rings. The lowest BCUT2D eigenvalue weighted by Crippen LogP contribution is -2.29. The monoisotopic (exact) mass is 183 g/mol. The molecule has 1 aromatic rings. The molecule has 1 rings (SSSR count). The minimum Gasteiger partial charge on any atom is -0.309 e. The molecule has 12 heavy (non-hydrogen) atoms. The Kier molecular flexibility index (Phi) is 3.76. The Morgan fingerprint density at radius 1 is 1.42 bits per heavy atom. The fraction of sp³-hybridized carbons (Fsp3) is 0.600. The van der Waals surface area contributed by atoms with Gasteiger partial charge in [-0.05, 0) is 24.3 Å². The van der Waals surface area contributed by atoms with E-state index in [2.05, 4.69) is 43.6 Å². The molecule has 1 aromatic heterocycles. The Bertz CT molecular complexity index is 204. The summed E-state index contributed by atoms with van der Waals surface area (Å²) in [5.41, 5.74) is 0. The van der Waals surface area contributed by atoms with E-state index in [4.69, 9.17) is 0 Å². The molecule has 0 fully saturated rings. The van der Waals surface area contributed by atoms with Crippen molar-refractivity contribution in [1.29, 1.82) is 0 Å². The highest BCUT2D eigenvalue weighted by atomic mass is 32.1. The molecular formula is C10H17NS. The first kappa shape index (κ1) is 9.75. The van der Waals surface area contributed by atoms with E-state index < -0.39 is 0 Å². The topological polar surface area (TPSA) is 12.0 Å². The van der Waals surface area contributed by atoms with Crippen LogP contribution in [0.15, 0.2) is 17.5 Å². The van der Waals surface area contributed by atoms with Crippen LogP contribution in [0.5, 0.6) is 0 Å². The van der Waals surface area contributed by atoms with Crippen molar-refractivity contribution in [1.82, 2.24) is 5.32 Å². The number of nitrogens with one attached hydrogen (secondary N) is 1. The average Bonchev–Trinajstić information content (AvgIpc) is 2.51. The third-order valence-corrected chi connectivity index (χ3v) is 3.05. The second-order valence-corrected chi connectivity index (χ2v) is 4.53. The summed E-state index contributed by atoms with van der Waals surface area (Å²) in [5.74, 6) is 0.713. The van der Waals surface area contributed by atoms with Crippen LogP contribution in [0.2, 0.25) is 0 Å². The summed E-state index contributed by atoms with van der Waals surface area (Å²) in [5, 5.41) is 5.62. The number of hydrogen-bond acceptors (Lipinski definition) is 2. The van der Waals surface area contributed by atoms with Gasteiger partial charge in [-0.1, -0.05) is 19.9 Å². The molecule has 0 spiro atoms. The molecule has 2 heteroatoms. The van der Waals surface area contributed by atoms with Crippen LogP contribution in [-0.2, 0) is 6.54 Å². The van der Waals surface area contributed by atoms with Gasteiger partial charge in [0.05, 0.1) is 0 Å². The summed E-state index contributed by atoms with van der Waals surface area (Å²) in [6.45, 7) is 7.73. The predicted molar refractivity (Wildman–Crippen MR) is 55.5 cm³/mol. The van der Waals surface area contributed by atoms with E-state index in [0.29, 0.717) is 12.0 Å². The molecule has 1 nitrogen and oxygen atoms in total. The molecule has 0 unspecified atom stereocenters. The van der Waals surface area contributed by atoms with Crippen molar-refractivity contribution in [3.63, 3.8) is 0 Å². The van der Waals surface area contributed by atoms with Crippen molar-refractivity contribution in [2.45, 2.75) is 33.4 Å². The summed E-state index contributed by atoms with van der Waals surface area (Å²) in [6, 6.07) is 4.87. The fourth-order valence-corrected chi connectivity index (χ4v) is 1.57. The molecule has 0 aliphatic carbocycles.